The van der Waals surface area contributed by atoms with Gasteiger partial charge in [0, 0.05) is 13.1 Å². The molecule has 0 saturated carbocycles. The Bertz CT molecular complexity index is 1440. The second kappa shape index (κ2) is 13.8. The van der Waals surface area contributed by atoms with E-state index in [0.717, 1.165) is 27.4 Å². The van der Waals surface area contributed by atoms with Crippen molar-refractivity contribution >= 4 is 43.5 Å². The predicted octanol–water partition coefficient (Wildman–Crippen LogP) is 5.21. The standard InChI is InChI=1S/C30H36BrN3O5S/c1-6-17-32-30(36)23(4)33(19-24-10-8-7-9-22(24)3)29(35)20-34(25-13-11-21(2)12-14-25)40(37,38)26-15-16-28(39-5)27(31)18-26/h7-16,18,23H,6,17,19-20H2,1-5H3,(H,32,36)/t23-/m0/s1. The van der Waals surface area contributed by atoms with E-state index in [-0.39, 0.29) is 17.3 Å². The molecule has 40 heavy (non-hydrogen) atoms. The number of ether oxygens (including phenoxy) is 1. The van der Waals surface area contributed by atoms with Gasteiger partial charge >= 0.3 is 0 Å². The molecule has 0 aliphatic heterocycles. The van der Waals surface area contributed by atoms with Crippen molar-refractivity contribution in [3.8, 4) is 5.75 Å². The van der Waals surface area contributed by atoms with E-state index in [4.69, 9.17) is 4.74 Å². The van der Waals surface area contributed by atoms with Crippen molar-refractivity contribution in [1.82, 2.24) is 10.2 Å². The van der Waals surface area contributed by atoms with Crippen molar-refractivity contribution in [3.05, 3.63) is 87.9 Å². The molecule has 0 fully saturated rings. The lowest BCUT2D eigenvalue weighted by molar-refractivity contribution is -0.139. The third kappa shape index (κ3) is 7.42. The highest BCUT2D eigenvalue weighted by molar-refractivity contribution is 9.10. The molecule has 3 aromatic rings. The summed E-state index contributed by atoms with van der Waals surface area (Å²) in [4.78, 5) is 28.4. The maximum Gasteiger partial charge on any atom is 0.264 e. The molecule has 0 unspecified atom stereocenters. The Balaban J connectivity index is 2.05. The van der Waals surface area contributed by atoms with Crippen molar-refractivity contribution in [2.75, 3.05) is 24.5 Å². The predicted molar refractivity (Wildman–Crippen MR) is 161 cm³/mol. The molecule has 0 heterocycles. The molecular weight excluding hydrogens is 594 g/mol. The fourth-order valence-electron chi connectivity index (χ4n) is 4.12. The zero-order valence-electron chi connectivity index (χ0n) is 23.5. The summed E-state index contributed by atoms with van der Waals surface area (Å²) in [6.45, 7) is 7.58. The van der Waals surface area contributed by atoms with Gasteiger partial charge in [-0.3, -0.25) is 13.9 Å². The van der Waals surface area contributed by atoms with Crippen molar-refractivity contribution < 1.29 is 22.7 Å². The van der Waals surface area contributed by atoms with Crippen LogP contribution in [0.4, 0.5) is 5.69 Å². The van der Waals surface area contributed by atoms with E-state index in [1.165, 1.54) is 24.1 Å². The Morgan fingerprint density at radius 1 is 1.02 bits per heavy atom. The number of aryl methyl sites for hydroxylation is 2. The largest absolute Gasteiger partial charge is 0.496 e. The Morgan fingerprint density at radius 3 is 2.30 bits per heavy atom. The van der Waals surface area contributed by atoms with Crippen LogP contribution in [0.25, 0.3) is 0 Å². The number of halogens is 1. The van der Waals surface area contributed by atoms with Gasteiger partial charge in [-0.25, -0.2) is 8.42 Å². The van der Waals surface area contributed by atoms with Gasteiger partial charge in [-0.1, -0.05) is 48.9 Å². The lowest BCUT2D eigenvalue weighted by Crippen LogP contribution is -2.51. The topological polar surface area (TPSA) is 96.0 Å². The molecule has 1 atom stereocenters. The summed E-state index contributed by atoms with van der Waals surface area (Å²) in [5, 5.41) is 2.85. The number of nitrogens with one attached hydrogen (secondary N) is 1. The van der Waals surface area contributed by atoms with Crippen LogP contribution in [0.15, 0.2) is 76.1 Å². The minimum Gasteiger partial charge on any atom is -0.496 e. The summed E-state index contributed by atoms with van der Waals surface area (Å²) < 4.78 is 34.8. The normalized spacial score (nSPS) is 11.9. The summed E-state index contributed by atoms with van der Waals surface area (Å²) >= 11 is 3.36. The van der Waals surface area contributed by atoms with Crippen LogP contribution in [0.2, 0.25) is 0 Å². The number of methoxy groups -OCH3 is 1. The van der Waals surface area contributed by atoms with Crippen molar-refractivity contribution in [2.24, 2.45) is 0 Å². The van der Waals surface area contributed by atoms with Gasteiger partial charge in [0.1, 0.15) is 18.3 Å². The fourth-order valence-corrected chi connectivity index (χ4v) is 6.26. The number of sulfonamides is 1. The molecule has 214 valence electrons. The number of nitrogens with zero attached hydrogens (tertiary/aromatic N) is 2. The van der Waals surface area contributed by atoms with Crippen molar-refractivity contribution in [1.29, 1.82) is 0 Å². The quantitative estimate of drug-likeness (QED) is 0.297. The van der Waals surface area contributed by atoms with Crippen molar-refractivity contribution in [3.63, 3.8) is 0 Å². The van der Waals surface area contributed by atoms with Gasteiger partial charge in [0.2, 0.25) is 11.8 Å². The minimum atomic E-state index is -4.18. The van der Waals surface area contributed by atoms with E-state index in [2.05, 4.69) is 21.2 Å². The highest BCUT2D eigenvalue weighted by Crippen LogP contribution is 2.31. The Hall–Kier alpha value is -3.37. The number of hydrogen-bond acceptors (Lipinski definition) is 5. The number of rotatable bonds is 12. The van der Waals surface area contributed by atoms with Crippen LogP contribution < -0.4 is 14.4 Å². The molecule has 0 saturated heterocycles. The molecule has 10 heteroatoms. The number of benzene rings is 3. The molecule has 3 rings (SSSR count). The van der Waals surface area contributed by atoms with Crippen molar-refractivity contribution in [2.45, 2.75) is 51.6 Å². The molecule has 0 spiro atoms. The van der Waals surface area contributed by atoms with Gasteiger partial charge < -0.3 is 15.0 Å². The summed E-state index contributed by atoms with van der Waals surface area (Å²) in [6.07, 6.45) is 0.751. The van der Waals surface area contributed by atoms with Gasteiger partial charge in [-0.2, -0.15) is 0 Å². The first-order valence-electron chi connectivity index (χ1n) is 13.0. The number of carbonyl (C=O) groups is 2. The van der Waals surface area contributed by atoms with Crippen LogP contribution in [0.3, 0.4) is 0 Å². The highest BCUT2D eigenvalue weighted by atomic mass is 79.9. The Morgan fingerprint density at radius 2 is 1.70 bits per heavy atom. The second-order valence-electron chi connectivity index (χ2n) is 9.56. The van der Waals surface area contributed by atoms with E-state index in [1.54, 1.807) is 37.3 Å². The lowest BCUT2D eigenvalue weighted by atomic mass is 10.1. The van der Waals surface area contributed by atoms with Gasteiger partial charge in [-0.15, -0.1) is 0 Å². The molecule has 2 amide bonds. The van der Waals surface area contributed by atoms with E-state index >= 15 is 0 Å². The molecule has 8 nitrogen and oxygen atoms in total. The van der Waals surface area contributed by atoms with Crippen LogP contribution >= 0.6 is 15.9 Å². The highest BCUT2D eigenvalue weighted by Gasteiger charge is 2.33. The second-order valence-corrected chi connectivity index (χ2v) is 12.3. The summed E-state index contributed by atoms with van der Waals surface area (Å²) in [5.41, 5.74) is 3.12. The molecule has 0 aromatic heterocycles. The summed E-state index contributed by atoms with van der Waals surface area (Å²) in [5.74, 6) is -0.319. The Labute approximate surface area is 245 Å². The molecule has 0 aliphatic rings. The van der Waals surface area contributed by atoms with Gasteiger partial charge in [-0.05, 0) is 84.6 Å². The first kappa shape index (κ1) is 31.2. The molecule has 3 aromatic carbocycles. The Kier molecular flexibility index (Phi) is 10.8. The molecule has 0 aliphatic carbocycles. The van der Waals surface area contributed by atoms with E-state index in [0.29, 0.717) is 22.5 Å². The first-order chi connectivity index (χ1) is 19.0. The van der Waals surface area contributed by atoms with Crippen LogP contribution in [-0.4, -0.2) is 51.4 Å². The van der Waals surface area contributed by atoms with E-state index in [9.17, 15) is 18.0 Å². The van der Waals surface area contributed by atoms with Crippen LogP contribution in [-0.2, 0) is 26.2 Å². The van der Waals surface area contributed by atoms with Crippen LogP contribution in [0.1, 0.15) is 37.0 Å². The van der Waals surface area contributed by atoms with Gasteiger partial charge in [0.05, 0.1) is 22.2 Å². The first-order valence-corrected chi connectivity index (χ1v) is 15.3. The molecule has 0 radical (unpaired) electrons. The van der Waals surface area contributed by atoms with Crippen LogP contribution in [0, 0.1) is 13.8 Å². The summed E-state index contributed by atoms with van der Waals surface area (Å²) in [7, 11) is -2.69. The zero-order valence-corrected chi connectivity index (χ0v) is 25.9. The third-order valence-corrected chi connectivity index (χ3v) is 9.02. The monoisotopic (exact) mass is 629 g/mol. The lowest BCUT2D eigenvalue weighted by Gasteiger charge is -2.32. The number of amides is 2. The fraction of sp³-hybridized carbons (Fsp3) is 0.333. The maximum atomic E-state index is 14.0. The molecular formula is C30H36BrN3O5S. The number of hydrogen-bond donors (Lipinski definition) is 1. The average Bonchev–Trinajstić information content (AvgIpc) is 2.94. The molecule has 1 N–H and O–H groups in total. The van der Waals surface area contributed by atoms with Gasteiger partial charge in [0.25, 0.3) is 10.0 Å². The summed E-state index contributed by atoms with van der Waals surface area (Å²) in [6, 6.07) is 18.1. The SMILES string of the molecule is CCCNC(=O)[C@H](C)N(Cc1ccccc1C)C(=O)CN(c1ccc(C)cc1)S(=O)(=O)c1ccc(OC)c(Br)c1. The zero-order chi connectivity index (χ0) is 29.4. The molecule has 0 bridgehead atoms. The van der Waals surface area contributed by atoms with E-state index in [1.807, 2.05) is 45.0 Å². The number of carbonyl (C=O) groups excluding carboxylic acids is 2. The third-order valence-electron chi connectivity index (χ3n) is 6.63. The van der Waals surface area contributed by atoms with Crippen LogP contribution in [0.5, 0.6) is 5.75 Å². The van der Waals surface area contributed by atoms with Gasteiger partial charge in [0.15, 0.2) is 0 Å². The minimum absolute atomic E-state index is 0.00672. The average molecular weight is 631 g/mol. The smallest absolute Gasteiger partial charge is 0.264 e. The van der Waals surface area contributed by atoms with E-state index < -0.39 is 28.5 Å². The maximum absolute atomic E-state index is 14.0. The number of anilines is 1.